The molecule has 3 rings (SSSR count). The third kappa shape index (κ3) is 3.16. The third-order valence-corrected chi connectivity index (χ3v) is 3.69. The first-order valence-electron chi connectivity index (χ1n) is 7.23. The highest BCUT2D eigenvalue weighted by Gasteiger charge is 2.32. The molecule has 5 nitrogen and oxygen atoms in total. The molecule has 0 radical (unpaired) electrons. The first kappa shape index (κ1) is 14.7. The SMILES string of the molecule is CC1(c2ccc(CNC(=O)c3cccnc3)cc2)OCCO1. The van der Waals surface area contributed by atoms with Crippen LogP contribution in [0.1, 0.15) is 28.4 Å². The number of carbonyl (C=O) groups is 1. The second-order valence-corrected chi connectivity index (χ2v) is 5.26. The van der Waals surface area contributed by atoms with Crippen molar-refractivity contribution in [1.82, 2.24) is 10.3 Å². The monoisotopic (exact) mass is 298 g/mol. The van der Waals surface area contributed by atoms with Gasteiger partial charge in [0.2, 0.25) is 0 Å². The fraction of sp³-hybridized carbons (Fsp3) is 0.294. The van der Waals surface area contributed by atoms with Gasteiger partial charge in [0.25, 0.3) is 5.91 Å². The first-order valence-corrected chi connectivity index (χ1v) is 7.23. The maximum absolute atomic E-state index is 12.0. The minimum absolute atomic E-state index is 0.133. The Morgan fingerprint density at radius 3 is 2.59 bits per heavy atom. The van der Waals surface area contributed by atoms with Crippen molar-refractivity contribution in [3.8, 4) is 0 Å². The summed E-state index contributed by atoms with van der Waals surface area (Å²) in [6.45, 7) is 3.60. The van der Waals surface area contributed by atoms with Gasteiger partial charge in [-0.2, -0.15) is 0 Å². The van der Waals surface area contributed by atoms with E-state index in [9.17, 15) is 4.79 Å². The van der Waals surface area contributed by atoms with Gasteiger partial charge in [-0.15, -0.1) is 0 Å². The van der Waals surface area contributed by atoms with E-state index in [1.807, 2.05) is 31.2 Å². The van der Waals surface area contributed by atoms with E-state index in [-0.39, 0.29) is 5.91 Å². The summed E-state index contributed by atoms with van der Waals surface area (Å²) < 4.78 is 11.2. The minimum Gasteiger partial charge on any atom is -0.348 e. The van der Waals surface area contributed by atoms with Crippen LogP contribution in [0.4, 0.5) is 0 Å². The van der Waals surface area contributed by atoms with Gasteiger partial charge in [0.15, 0.2) is 5.79 Å². The Hall–Kier alpha value is -2.24. The topological polar surface area (TPSA) is 60.5 Å². The molecule has 0 bridgehead atoms. The van der Waals surface area contributed by atoms with Crippen LogP contribution in [0.2, 0.25) is 0 Å². The van der Waals surface area contributed by atoms with Gasteiger partial charge in [0.05, 0.1) is 18.8 Å². The molecule has 1 aliphatic heterocycles. The summed E-state index contributed by atoms with van der Waals surface area (Å²) in [5.74, 6) is -0.788. The van der Waals surface area contributed by atoms with Crippen molar-refractivity contribution < 1.29 is 14.3 Å². The summed E-state index contributed by atoms with van der Waals surface area (Å²) in [6.07, 6.45) is 3.19. The summed E-state index contributed by atoms with van der Waals surface area (Å²) in [5.41, 5.74) is 2.55. The molecule has 1 aromatic heterocycles. The van der Waals surface area contributed by atoms with Gasteiger partial charge in [0, 0.05) is 24.5 Å². The van der Waals surface area contributed by atoms with E-state index in [0.29, 0.717) is 25.3 Å². The Morgan fingerprint density at radius 1 is 1.23 bits per heavy atom. The predicted octanol–water partition coefficient (Wildman–Crippen LogP) is 2.23. The normalized spacial score (nSPS) is 16.4. The zero-order chi connectivity index (χ0) is 15.4. The highest BCUT2D eigenvalue weighted by atomic mass is 16.7. The van der Waals surface area contributed by atoms with Crippen LogP contribution >= 0.6 is 0 Å². The zero-order valence-corrected chi connectivity index (χ0v) is 12.4. The smallest absolute Gasteiger partial charge is 0.253 e. The molecule has 1 N–H and O–H groups in total. The molecule has 2 aromatic rings. The Bertz CT molecular complexity index is 635. The number of hydrogen-bond donors (Lipinski definition) is 1. The number of nitrogens with one attached hydrogen (secondary N) is 1. The minimum atomic E-state index is -0.655. The Morgan fingerprint density at radius 2 is 1.95 bits per heavy atom. The number of hydrogen-bond acceptors (Lipinski definition) is 4. The van der Waals surface area contributed by atoms with Crippen LogP contribution in [0.15, 0.2) is 48.8 Å². The summed E-state index contributed by atoms with van der Waals surface area (Å²) >= 11 is 0. The van der Waals surface area contributed by atoms with Crippen LogP contribution in [0.5, 0.6) is 0 Å². The van der Waals surface area contributed by atoms with Crippen molar-refractivity contribution >= 4 is 5.91 Å². The third-order valence-electron chi connectivity index (χ3n) is 3.69. The second-order valence-electron chi connectivity index (χ2n) is 5.26. The lowest BCUT2D eigenvalue weighted by atomic mass is 10.1. The van der Waals surface area contributed by atoms with E-state index in [0.717, 1.165) is 11.1 Å². The van der Waals surface area contributed by atoms with Crippen molar-refractivity contribution in [2.45, 2.75) is 19.3 Å². The summed E-state index contributed by atoms with van der Waals surface area (Å²) in [7, 11) is 0. The fourth-order valence-electron chi connectivity index (χ4n) is 2.39. The first-order chi connectivity index (χ1) is 10.7. The largest absolute Gasteiger partial charge is 0.348 e. The Kier molecular flexibility index (Phi) is 4.18. The molecule has 114 valence electrons. The van der Waals surface area contributed by atoms with E-state index < -0.39 is 5.79 Å². The molecule has 0 spiro atoms. The average Bonchev–Trinajstić information content (AvgIpc) is 3.02. The zero-order valence-electron chi connectivity index (χ0n) is 12.4. The van der Waals surface area contributed by atoms with Crippen molar-refractivity contribution in [1.29, 1.82) is 0 Å². The van der Waals surface area contributed by atoms with Crippen LogP contribution in [0.3, 0.4) is 0 Å². The van der Waals surface area contributed by atoms with Gasteiger partial charge < -0.3 is 14.8 Å². The van der Waals surface area contributed by atoms with Crippen LogP contribution in [-0.4, -0.2) is 24.1 Å². The van der Waals surface area contributed by atoms with Gasteiger partial charge in [-0.05, 0) is 24.6 Å². The highest BCUT2D eigenvalue weighted by molar-refractivity contribution is 5.93. The lowest BCUT2D eigenvalue weighted by Crippen LogP contribution is -2.24. The van der Waals surface area contributed by atoms with Crippen LogP contribution < -0.4 is 5.32 Å². The van der Waals surface area contributed by atoms with Gasteiger partial charge >= 0.3 is 0 Å². The van der Waals surface area contributed by atoms with Gasteiger partial charge in [-0.25, -0.2) is 0 Å². The number of ether oxygens (including phenoxy) is 2. The molecule has 1 amide bonds. The highest BCUT2D eigenvalue weighted by Crippen LogP contribution is 2.30. The number of rotatable bonds is 4. The molecule has 1 aromatic carbocycles. The molecule has 0 aliphatic carbocycles. The number of pyridine rings is 1. The van der Waals surface area contributed by atoms with Crippen molar-refractivity contribution in [3.63, 3.8) is 0 Å². The Balaban J connectivity index is 1.61. The van der Waals surface area contributed by atoms with Crippen molar-refractivity contribution in [2.75, 3.05) is 13.2 Å². The lowest BCUT2D eigenvalue weighted by molar-refractivity contribution is -0.149. The molecule has 0 atom stereocenters. The maximum Gasteiger partial charge on any atom is 0.253 e. The number of carbonyl (C=O) groups excluding carboxylic acids is 1. The van der Waals surface area contributed by atoms with E-state index >= 15 is 0 Å². The molecule has 1 saturated heterocycles. The van der Waals surface area contributed by atoms with Gasteiger partial charge in [-0.3, -0.25) is 9.78 Å². The Labute approximate surface area is 129 Å². The summed E-state index contributed by atoms with van der Waals surface area (Å²) in [5, 5.41) is 2.87. The average molecular weight is 298 g/mol. The lowest BCUT2D eigenvalue weighted by Gasteiger charge is -2.22. The second kappa shape index (κ2) is 6.25. The molecule has 0 unspecified atom stereocenters. The molecule has 1 aliphatic rings. The predicted molar refractivity (Wildman–Crippen MR) is 81.1 cm³/mol. The number of amides is 1. The number of aromatic nitrogens is 1. The molecular formula is C17H18N2O3. The van der Waals surface area contributed by atoms with Crippen molar-refractivity contribution in [2.24, 2.45) is 0 Å². The van der Waals surface area contributed by atoms with E-state index in [4.69, 9.17) is 9.47 Å². The number of nitrogens with zero attached hydrogens (tertiary/aromatic N) is 1. The summed E-state index contributed by atoms with van der Waals surface area (Å²) in [6, 6.07) is 11.4. The molecule has 22 heavy (non-hydrogen) atoms. The van der Waals surface area contributed by atoms with Crippen molar-refractivity contribution in [3.05, 3.63) is 65.5 Å². The van der Waals surface area contributed by atoms with Gasteiger partial charge in [0.1, 0.15) is 0 Å². The van der Waals surface area contributed by atoms with Crippen LogP contribution in [0, 0.1) is 0 Å². The number of benzene rings is 1. The standard InChI is InChI=1S/C17H18N2O3/c1-17(21-9-10-22-17)15-6-4-13(5-7-15)11-19-16(20)14-3-2-8-18-12-14/h2-8,12H,9-11H2,1H3,(H,19,20). The fourth-order valence-corrected chi connectivity index (χ4v) is 2.39. The van der Waals surface area contributed by atoms with Gasteiger partial charge in [-0.1, -0.05) is 24.3 Å². The molecule has 0 saturated carbocycles. The quantitative estimate of drug-likeness (QED) is 0.940. The molecular weight excluding hydrogens is 280 g/mol. The van der Waals surface area contributed by atoms with Crippen LogP contribution in [0.25, 0.3) is 0 Å². The molecule has 1 fully saturated rings. The van der Waals surface area contributed by atoms with E-state index in [2.05, 4.69) is 10.3 Å². The van der Waals surface area contributed by atoms with Crippen LogP contribution in [-0.2, 0) is 21.8 Å². The maximum atomic E-state index is 12.0. The summed E-state index contributed by atoms with van der Waals surface area (Å²) in [4.78, 5) is 15.9. The van der Waals surface area contributed by atoms with E-state index in [1.54, 1.807) is 24.5 Å². The molecule has 2 heterocycles. The van der Waals surface area contributed by atoms with E-state index in [1.165, 1.54) is 0 Å². The molecule has 5 heteroatoms.